The Morgan fingerprint density at radius 3 is 3.05 bits per heavy atom. The predicted octanol–water partition coefficient (Wildman–Crippen LogP) is 2.53. The number of likely N-dealkylation sites (tertiary alicyclic amines) is 1. The molecule has 2 N–H and O–H groups in total. The quantitative estimate of drug-likeness (QED) is 0.847. The SMILES string of the molecule is O=C(c1cc2cc(Br)ccc2[nH]1)N1CCC[C@H](O)C1. The molecule has 1 aliphatic rings. The summed E-state index contributed by atoms with van der Waals surface area (Å²) in [5.41, 5.74) is 1.53. The fourth-order valence-electron chi connectivity index (χ4n) is 2.53. The van der Waals surface area contributed by atoms with E-state index in [0.717, 1.165) is 34.8 Å². The molecule has 2 heterocycles. The van der Waals surface area contributed by atoms with Crippen molar-refractivity contribution in [2.75, 3.05) is 13.1 Å². The molecule has 1 atom stereocenters. The Morgan fingerprint density at radius 2 is 2.26 bits per heavy atom. The number of hydrogen-bond donors (Lipinski definition) is 2. The normalized spacial score (nSPS) is 19.9. The van der Waals surface area contributed by atoms with Crippen LogP contribution in [0, 0.1) is 0 Å². The van der Waals surface area contributed by atoms with Crippen molar-refractivity contribution in [3.63, 3.8) is 0 Å². The van der Waals surface area contributed by atoms with Crippen molar-refractivity contribution >= 4 is 32.7 Å². The third kappa shape index (κ3) is 2.53. The monoisotopic (exact) mass is 322 g/mol. The van der Waals surface area contributed by atoms with E-state index in [9.17, 15) is 9.90 Å². The van der Waals surface area contributed by atoms with Crippen LogP contribution in [0.4, 0.5) is 0 Å². The maximum absolute atomic E-state index is 12.4. The molecule has 1 saturated heterocycles. The van der Waals surface area contributed by atoms with Gasteiger partial charge in [0.25, 0.3) is 5.91 Å². The fourth-order valence-corrected chi connectivity index (χ4v) is 2.91. The summed E-state index contributed by atoms with van der Waals surface area (Å²) in [6.07, 6.45) is 1.25. The van der Waals surface area contributed by atoms with Crippen LogP contribution in [-0.2, 0) is 0 Å². The lowest BCUT2D eigenvalue weighted by atomic mass is 10.1. The van der Waals surface area contributed by atoms with E-state index in [2.05, 4.69) is 20.9 Å². The summed E-state index contributed by atoms with van der Waals surface area (Å²) < 4.78 is 0.992. The molecule has 3 rings (SSSR count). The van der Waals surface area contributed by atoms with Gasteiger partial charge in [-0.2, -0.15) is 0 Å². The number of hydrogen-bond acceptors (Lipinski definition) is 2. The first-order valence-electron chi connectivity index (χ1n) is 6.39. The van der Waals surface area contributed by atoms with Gasteiger partial charge in [0, 0.05) is 28.5 Å². The van der Waals surface area contributed by atoms with Crippen LogP contribution in [-0.4, -0.2) is 40.1 Å². The number of fused-ring (bicyclic) bond motifs is 1. The molecular weight excluding hydrogens is 308 g/mol. The number of piperidine rings is 1. The highest BCUT2D eigenvalue weighted by Crippen LogP contribution is 2.22. The van der Waals surface area contributed by atoms with E-state index in [1.807, 2.05) is 24.3 Å². The second kappa shape index (κ2) is 4.98. The Kier molecular flexibility index (Phi) is 3.33. The summed E-state index contributed by atoms with van der Waals surface area (Å²) in [7, 11) is 0. The topological polar surface area (TPSA) is 56.3 Å². The van der Waals surface area contributed by atoms with Crippen molar-refractivity contribution in [3.05, 3.63) is 34.4 Å². The Hall–Kier alpha value is -1.33. The average molecular weight is 323 g/mol. The first-order valence-corrected chi connectivity index (χ1v) is 7.18. The van der Waals surface area contributed by atoms with Crippen LogP contribution in [0.15, 0.2) is 28.7 Å². The summed E-state index contributed by atoms with van der Waals surface area (Å²) >= 11 is 3.42. The lowest BCUT2D eigenvalue weighted by Gasteiger charge is -2.29. The van der Waals surface area contributed by atoms with Crippen LogP contribution in [0.5, 0.6) is 0 Å². The van der Waals surface area contributed by atoms with Crippen molar-refractivity contribution in [2.45, 2.75) is 18.9 Å². The number of H-pyrrole nitrogens is 1. The molecule has 0 aliphatic carbocycles. The van der Waals surface area contributed by atoms with Gasteiger partial charge >= 0.3 is 0 Å². The molecule has 1 aromatic carbocycles. The third-order valence-corrected chi connectivity index (χ3v) is 3.99. The molecular formula is C14H15BrN2O2. The minimum atomic E-state index is -0.392. The summed E-state index contributed by atoms with van der Waals surface area (Å²) in [6.45, 7) is 1.15. The lowest BCUT2D eigenvalue weighted by Crippen LogP contribution is -2.42. The number of carbonyl (C=O) groups is 1. The van der Waals surface area contributed by atoms with Gasteiger partial charge in [0.2, 0.25) is 0 Å². The van der Waals surface area contributed by atoms with Crippen molar-refractivity contribution in [1.82, 2.24) is 9.88 Å². The van der Waals surface area contributed by atoms with E-state index in [1.54, 1.807) is 4.90 Å². The number of carbonyl (C=O) groups excluding carboxylic acids is 1. The van der Waals surface area contributed by atoms with Crippen LogP contribution in [0.25, 0.3) is 10.9 Å². The van der Waals surface area contributed by atoms with Crippen LogP contribution >= 0.6 is 15.9 Å². The molecule has 4 nitrogen and oxygen atoms in total. The minimum Gasteiger partial charge on any atom is -0.391 e. The Bertz CT molecular complexity index is 623. The molecule has 0 bridgehead atoms. The minimum absolute atomic E-state index is 0.0360. The van der Waals surface area contributed by atoms with E-state index in [1.165, 1.54) is 0 Å². The molecule has 1 fully saturated rings. The number of β-amino-alcohol motifs (C(OH)–C–C–N with tert-alkyl or cyclic N) is 1. The highest BCUT2D eigenvalue weighted by molar-refractivity contribution is 9.10. The predicted molar refractivity (Wildman–Crippen MR) is 77.1 cm³/mol. The Morgan fingerprint density at radius 1 is 1.42 bits per heavy atom. The van der Waals surface area contributed by atoms with Gasteiger partial charge in [-0.25, -0.2) is 0 Å². The smallest absolute Gasteiger partial charge is 0.270 e. The van der Waals surface area contributed by atoms with Crippen molar-refractivity contribution in [2.24, 2.45) is 0 Å². The van der Waals surface area contributed by atoms with Gasteiger partial charge in [-0.3, -0.25) is 4.79 Å². The Labute approximate surface area is 119 Å². The number of aromatic nitrogens is 1. The van der Waals surface area contributed by atoms with Gasteiger partial charge < -0.3 is 15.0 Å². The summed E-state index contributed by atoms with van der Waals surface area (Å²) in [4.78, 5) is 17.2. The number of nitrogens with zero attached hydrogens (tertiary/aromatic N) is 1. The molecule has 5 heteroatoms. The van der Waals surface area contributed by atoms with Gasteiger partial charge in [0.15, 0.2) is 0 Å². The number of aromatic amines is 1. The number of benzene rings is 1. The molecule has 1 amide bonds. The molecule has 19 heavy (non-hydrogen) atoms. The van der Waals surface area contributed by atoms with Crippen molar-refractivity contribution in [1.29, 1.82) is 0 Å². The number of halogens is 1. The summed E-state index contributed by atoms with van der Waals surface area (Å²) in [5.74, 6) is -0.0360. The lowest BCUT2D eigenvalue weighted by molar-refractivity contribution is 0.0470. The maximum Gasteiger partial charge on any atom is 0.270 e. The number of nitrogens with one attached hydrogen (secondary N) is 1. The first kappa shape index (κ1) is 12.7. The molecule has 100 valence electrons. The fraction of sp³-hybridized carbons (Fsp3) is 0.357. The van der Waals surface area contributed by atoms with Gasteiger partial charge in [-0.05, 0) is 37.1 Å². The zero-order valence-corrected chi connectivity index (χ0v) is 12.0. The van der Waals surface area contributed by atoms with E-state index < -0.39 is 6.10 Å². The molecule has 0 spiro atoms. The second-order valence-electron chi connectivity index (χ2n) is 4.96. The van der Waals surface area contributed by atoms with E-state index in [-0.39, 0.29) is 5.91 Å². The summed E-state index contributed by atoms with van der Waals surface area (Å²) in [6, 6.07) is 7.73. The van der Waals surface area contributed by atoms with Crippen LogP contribution < -0.4 is 0 Å². The van der Waals surface area contributed by atoms with Crippen LogP contribution in [0.2, 0.25) is 0 Å². The van der Waals surface area contributed by atoms with E-state index in [4.69, 9.17) is 0 Å². The molecule has 0 radical (unpaired) electrons. The molecule has 2 aromatic rings. The average Bonchev–Trinajstić information content (AvgIpc) is 2.80. The standard InChI is InChI=1S/C14H15BrN2O2/c15-10-3-4-12-9(6-10)7-13(16-12)14(19)17-5-1-2-11(18)8-17/h3-4,6-7,11,16,18H,1-2,5,8H2/t11-/m0/s1. The number of amides is 1. The van der Waals surface area contributed by atoms with Gasteiger partial charge in [-0.1, -0.05) is 15.9 Å². The van der Waals surface area contributed by atoms with Crippen LogP contribution in [0.1, 0.15) is 23.3 Å². The van der Waals surface area contributed by atoms with Crippen LogP contribution in [0.3, 0.4) is 0 Å². The number of aliphatic hydroxyl groups excluding tert-OH is 1. The van der Waals surface area contributed by atoms with Crippen molar-refractivity contribution in [3.8, 4) is 0 Å². The third-order valence-electron chi connectivity index (χ3n) is 3.50. The van der Waals surface area contributed by atoms with Gasteiger partial charge in [0.1, 0.15) is 5.69 Å². The first-order chi connectivity index (χ1) is 9.13. The number of rotatable bonds is 1. The van der Waals surface area contributed by atoms with Crippen molar-refractivity contribution < 1.29 is 9.90 Å². The molecule has 1 aromatic heterocycles. The summed E-state index contributed by atoms with van der Waals surface area (Å²) in [5, 5.41) is 10.7. The highest BCUT2D eigenvalue weighted by Gasteiger charge is 2.24. The van der Waals surface area contributed by atoms with Gasteiger partial charge in [0.05, 0.1) is 6.10 Å². The second-order valence-corrected chi connectivity index (χ2v) is 5.88. The zero-order valence-electron chi connectivity index (χ0n) is 10.4. The molecule has 0 unspecified atom stereocenters. The zero-order chi connectivity index (χ0) is 13.4. The Balaban J connectivity index is 1.88. The largest absolute Gasteiger partial charge is 0.391 e. The maximum atomic E-state index is 12.4. The number of aliphatic hydroxyl groups is 1. The molecule has 0 saturated carbocycles. The highest BCUT2D eigenvalue weighted by atomic mass is 79.9. The van der Waals surface area contributed by atoms with E-state index >= 15 is 0 Å². The van der Waals surface area contributed by atoms with Gasteiger partial charge in [-0.15, -0.1) is 0 Å². The van der Waals surface area contributed by atoms with E-state index in [0.29, 0.717) is 12.2 Å². The molecule has 1 aliphatic heterocycles.